The molecule has 0 aliphatic heterocycles. The fourth-order valence-corrected chi connectivity index (χ4v) is 0.948. The molecular weight excluding hydrogens is 188 g/mol. The molecule has 1 rings (SSSR count). The van der Waals surface area contributed by atoms with Gasteiger partial charge in [0.25, 0.3) is 0 Å². The monoisotopic (exact) mass is 199 g/mol. The quantitative estimate of drug-likeness (QED) is 0.810. The van der Waals surface area contributed by atoms with Gasteiger partial charge in [0, 0.05) is 0 Å². The summed E-state index contributed by atoms with van der Waals surface area (Å²) in [5.41, 5.74) is -0.844. The molecule has 0 atom stereocenters. The third-order valence-corrected chi connectivity index (χ3v) is 1.65. The first-order chi connectivity index (χ1) is 5.99. The van der Waals surface area contributed by atoms with Gasteiger partial charge in [-0.3, -0.25) is 0 Å². The number of aliphatic hydroxyl groups is 1. The number of benzene rings is 1. The van der Waals surface area contributed by atoms with Crippen LogP contribution >= 0.6 is 11.6 Å². The normalized spacial score (nSPS) is 11.4. The summed E-state index contributed by atoms with van der Waals surface area (Å²) >= 11 is 5.82. The van der Waals surface area contributed by atoms with Gasteiger partial charge < -0.3 is 9.84 Å². The molecule has 0 heterocycles. The van der Waals surface area contributed by atoms with E-state index in [2.05, 4.69) is 6.07 Å². The molecule has 0 aliphatic carbocycles. The van der Waals surface area contributed by atoms with Crippen molar-refractivity contribution in [2.45, 2.75) is 19.4 Å². The van der Waals surface area contributed by atoms with Crippen LogP contribution in [-0.2, 0) is 0 Å². The molecule has 0 bridgehead atoms. The van der Waals surface area contributed by atoms with Gasteiger partial charge >= 0.3 is 0 Å². The van der Waals surface area contributed by atoms with Crippen molar-refractivity contribution >= 4 is 11.6 Å². The van der Waals surface area contributed by atoms with Crippen LogP contribution in [0.2, 0.25) is 5.02 Å². The van der Waals surface area contributed by atoms with E-state index in [1.807, 2.05) is 0 Å². The summed E-state index contributed by atoms with van der Waals surface area (Å²) in [6.07, 6.45) is 0. The lowest BCUT2D eigenvalue weighted by Crippen LogP contribution is -2.27. The van der Waals surface area contributed by atoms with Gasteiger partial charge in [0.1, 0.15) is 12.4 Å². The first kappa shape index (κ1) is 10.4. The molecule has 0 saturated heterocycles. The van der Waals surface area contributed by atoms with E-state index in [-0.39, 0.29) is 6.61 Å². The SMILES string of the molecule is CC(C)(O)COc1cc[c]cc1Cl. The van der Waals surface area contributed by atoms with Crippen molar-refractivity contribution in [3.63, 3.8) is 0 Å². The summed E-state index contributed by atoms with van der Waals surface area (Å²) < 4.78 is 5.30. The van der Waals surface area contributed by atoms with E-state index in [0.29, 0.717) is 10.8 Å². The molecule has 2 nitrogen and oxygen atoms in total. The molecule has 71 valence electrons. The Morgan fingerprint density at radius 3 is 2.85 bits per heavy atom. The first-order valence-corrected chi connectivity index (χ1v) is 4.37. The molecule has 0 aliphatic rings. The standard InChI is InChI=1S/C10H12ClO2/c1-10(2,12)7-13-9-6-4-3-5-8(9)11/h4-6,12H,7H2,1-2H3. The van der Waals surface area contributed by atoms with E-state index in [9.17, 15) is 5.11 Å². The number of hydrogen-bond donors (Lipinski definition) is 1. The molecule has 0 amide bonds. The Hall–Kier alpha value is -0.730. The fourth-order valence-electron chi connectivity index (χ4n) is 0.767. The molecule has 3 heteroatoms. The van der Waals surface area contributed by atoms with Crippen molar-refractivity contribution in [2.24, 2.45) is 0 Å². The molecule has 1 radical (unpaired) electrons. The van der Waals surface area contributed by atoms with Crippen molar-refractivity contribution in [3.05, 3.63) is 29.3 Å². The highest BCUT2D eigenvalue weighted by Crippen LogP contribution is 2.23. The number of ether oxygens (including phenoxy) is 1. The Labute approximate surface area is 83.1 Å². The Morgan fingerprint density at radius 2 is 2.31 bits per heavy atom. The largest absolute Gasteiger partial charge is 0.489 e. The van der Waals surface area contributed by atoms with Crippen LogP contribution in [0.5, 0.6) is 5.75 Å². The summed E-state index contributed by atoms with van der Waals surface area (Å²) in [5, 5.41) is 9.90. The molecule has 0 unspecified atom stereocenters. The van der Waals surface area contributed by atoms with Crippen LogP contribution in [0.3, 0.4) is 0 Å². The van der Waals surface area contributed by atoms with Crippen LogP contribution in [0.15, 0.2) is 18.2 Å². The molecule has 13 heavy (non-hydrogen) atoms. The number of rotatable bonds is 3. The van der Waals surface area contributed by atoms with E-state index >= 15 is 0 Å². The third-order valence-electron chi connectivity index (χ3n) is 1.36. The van der Waals surface area contributed by atoms with Crippen LogP contribution < -0.4 is 4.74 Å². The van der Waals surface area contributed by atoms with Crippen LogP contribution in [0.25, 0.3) is 0 Å². The minimum atomic E-state index is -0.844. The molecule has 0 saturated carbocycles. The maximum atomic E-state index is 9.39. The van der Waals surface area contributed by atoms with Gasteiger partial charge in [-0.1, -0.05) is 17.7 Å². The minimum absolute atomic E-state index is 0.219. The Morgan fingerprint density at radius 1 is 1.62 bits per heavy atom. The average Bonchev–Trinajstić information content (AvgIpc) is 2.01. The predicted octanol–water partition coefficient (Wildman–Crippen LogP) is 2.29. The van der Waals surface area contributed by atoms with Crippen molar-refractivity contribution in [2.75, 3.05) is 6.61 Å². The number of halogens is 1. The predicted molar refractivity (Wildman–Crippen MR) is 52.1 cm³/mol. The summed E-state index contributed by atoms with van der Waals surface area (Å²) in [7, 11) is 0. The maximum absolute atomic E-state index is 9.39. The highest BCUT2D eigenvalue weighted by Gasteiger charge is 2.13. The van der Waals surface area contributed by atoms with E-state index in [1.54, 1.807) is 32.0 Å². The average molecular weight is 200 g/mol. The van der Waals surface area contributed by atoms with Gasteiger partial charge in [-0.25, -0.2) is 0 Å². The summed E-state index contributed by atoms with van der Waals surface area (Å²) in [5.74, 6) is 0.572. The van der Waals surface area contributed by atoms with E-state index in [0.717, 1.165) is 0 Å². The number of hydrogen-bond acceptors (Lipinski definition) is 2. The lowest BCUT2D eigenvalue weighted by Gasteiger charge is -2.18. The second-order valence-corrected chi connectivity index (χ2v) is 3.86. The van der Waals surface area contributed by atoms with Gasteiger partial charge in [-0.2, -0.15) is 0 Å². The summed E-state index contributed by atoms with van der Waals surface area (Å²) in [6, 6.07) is 7.88. The van der Waals surface area contributed by atoms with Crippen LogP contribution in [0.4, 0.5) is 0 Å². The zero-order chi connectivity index (χ0) is 9.90. The van der Waals surface area contributed by atoms with E-state index in [1.165, 1.54) is 0 Å². The lowest BCUT2D eigenvalue weighted by molar-refractivity contribution is 0.0285. The third kappa shape index (κ3) is 3.66. The lowest BCUT2D eigenvalue weighted by atomic mass is 10.2. The van der Waals surface area contributed by atoms with E-state index in [4.69, 9.17) is 16.3 Å². The second-order valence-electron chi connectivity index (χ2n) is 3.46. The molecule has 1 aromatic rings. The van der Waals surface area contributed by atoms with Crippen molar-refractivity contribution in [3.8, 4) is 5.75 Å². The Bertz CT molecular complexity index is 278. The topological polar surface area (TPSA) is 29.5 Å². The summed E-state index contributed by atoms with van der Waals surface area (Å²) in [4.78, 5) is 0. The molecule has 1 N–H and O–H groups in total. The van der Waals surface area contributed by atoms with Crippen LogP contribution in [0, 0.1) is 6.07 Å². The van der Waals surface area contributed by atoms with Gasteiger partial charge in [-0.15, -0.1) is 0 Å². The van der Waals surface area contributed by atoms with Gasteiger partial charge in [0.15, 0.2) is 0 Å². The smallest absolute Gasteiger partial charge is 0.138 e. The molecule has 1 aromatic carbocycles. The van der Waals surface area contributed by atoms with Gasteiger partial charge in [0.2, 0.25) is 0 Å². The molecule has 0 spiro atoms. The first-order valence-electron chi connectivity index (χ1n) is 4.00. The van der Waals surface area contributed by atoms with Crippen LogP contribution in [0.1, 0.15) is 13.8 Å². The van der Waals surface area contributed by atoms with Gasteiger partial charge in [-0.05, 0) is 32.0 Å². The van der Waals surface area contributed by atoms with Crippen molar-refractivity contribution in [1.29, 1.82) is 0 Å². The molecule has 0 fully saturated rings. The Kier molecular flexibility index (Phi) is 3.17. The van der Waals surface area contributed by atoms with Crippen molar-refractivity contribution in [1.82, 2.24) is 0 Å². The van der Waals surface area contributed by atoms with Gasteiger partial charge in [0.05, 0.1) is 10.6 Å². The Balaban J connectivity index is 2.60. The molecule has 0 aromatic heterocycles. The highest BCUT2D eigenvalue weighted by atomic mass is 35.5. The summed E-state index contributed by atoms with van der Waals surface area (Å²) in [6.45, 7) is 3.57. The molecular formula is C10H12ClO2. The van der Waals surface area contributed by atoms with Crippen LogP contribution in [-0.4, -0.2) is 17.3 Å². The highest BCUT2D eigenvalue weighted by molar-refractivity contribution is 6.32. The minimum Gasteiger partial charge on any atom is -0.489 e. The zero-order valence-corrected chi connectivity index (χ0v) is 8.43. The zero-order valence-electron chi connectivity index (χ0n) is 7.67. The fraction of sp³-hybridized carbons (Fsp3) is 0.400. The second kappa shape index (κ2) is 3.99. The maximum Gasteiger partial charge on any atom is 0.138 e. The van der Waals surface area contributed by atoms with Crippen molar-refractivity contribution < 1.29 is 9.84 Å². The van der Waals surface area contributed by atoms with E-state index < -0.39 is 5.60 Å².